The van der Waals surface area contributed by atoms with Crippen molar-refractivity contribution in [3.05, 3.63) is 38.9 Å². The van der Waals surface area contributed by atoms with Crippen molar-refractivity contribution in [3.63, 3.8) is 0 Å². The molecule has 0 aliphatic rings. The summed E-state index contributed by atoms with van der Waals surface area (Å²) in [7, 11) is 0. The Balaban J connectivity index is 2.97. The first-order valence-electron chi connectivity index (χ1n) is 5.44. The van der Waals surface area contributed by atoms with Crippen molar-refractivity contribution < 1.29 is 24.7 Å². The fourth-order valence-corrected chi connectivity index (χ4v) is 1.67. The van der Waals surface area contributed by atoms with E-state index in [1.165, 1.54) is 6.07 Å². The van der Waals surface area contributed by atoms with Gasteiger partial charge in [0.25, 0.3) is 11.6 Å². The molecule has 0 aliphatic carbocycles. The van der Waals surface area contributed by atoms with E-state index in [4.69, 9.17) is 21.8 Å². The molecule has 3 N–H and O–H groups in total. The van der Waals surface area contributed by atoms with Gasteiger partial charge in [-0.15, -0.1) is 0 Å². The van der Waals surface area contributed by atoms with Gasteiger partial charge in [0.2, 0.25) is 0 Å². The van der Waals surface area contributed by atoms with Crippen molar-refractivity contribution in [1.82, 2.24) is 5.32 Å². The maximum Gasteiger partial charge on any atom is 0.326 e. The summed E-state index contributed by atoms with van der Waals surface area (Å²) < 4.78 is 0. The summed E-state index contributed by atoms with van der Waals surface area (Å²) in [6.07, 6.45) is -0.177. The van der Waals surface area contributed by atoms with E-state index in [0.717, 1.165) is 12.1 Å². The molecule has 0 bridgehead atoms. The summed E-state index contributed by atoms with van der Waals surface area (Å²) in [5.74, 6) is -2.14. The summed E-state index contributed by atoms with van der Waals surface area (Å²) in [6, 6.07) is 1.95. The third-order valence-electron chi connectivity index (χ3n) is 2.38. The average Bonchev–Trinajstić information content (AvgIpc) is 2.37. The van der Waals surface area contributed by atoms with Gasteiger partial charge in [-0.2, -0.15) is 0 Å². The van der Waals surface area contributed by atoms with Crippen molar-refractivity contribution in [2.45, 2.75) is 12.5 Å². The summed E-state index contributed by atoms with van der Waals surface area (Å²) in [4.78, 5) is 32.6. The molecule has 0 spiro atoms. The summed E-state index contributed by atoms with van der Waals surface area (Å²) in [5.41, 5.74) is -0.509. The fraction of sp³-hybridized carbons (Fsp3) is 0.273. The van der Waals surface area contributed by atoms with Gasteiger partial charge < -0.3 is 15.5 Å². The number of aliphatic hydroxyl groups excluding tert-OH is 1. The first-order valence-corrected chi connectivity index (χ1v) is 5.82. The number of hydrogen-bond donors (Lipinski definition) is 3. The topological polar surface area (TPSA) is 130 Å². The lowest BCUT2D eigenvalue weighted by molar-refractivity contribution is -0.384. The number of carboxylic acids is 1. The quantitative estimate of drug-likeness (QED) is 0.526. The number of aliphatic hydroxyl groups is 1. The van der Waals surface area contributed by atoms with Gasteiger partial charge in [-0.05, 0) is 6.07 Å². The molecule has 9 heteroatoms. The van der Waals surface area contributed by atoms with Gasteiger partial charge in [0.05, 0.1) is 4.92 Å². The number of non-ortho nitro benzene ring substituents is 1. The Morgan fingerprint density at radius 2 is 2.05 bits per heavy atom. The Bertz CT molecular complexity index is 548. The molecule has 1 aromatic carbocycles. The minimum atomic E-state index is -1.32. The molecule has 0 aliphatic heterocycles. The van der Waals surface area contributed by atoms with Gasteiger partial charge in [0.1, 0.15) is 6.04 Å². The Morgan fingerprint density at radius 1 is 1.40 bits per heavy atom. The SMILES string of the molecule is O=C(N[C@H](CCO)C(=O)O)c1cc(Cl)cc([N+](=O)[O-])c1. The van der Waals surface area contributed by atoms with Crippen molar-refractivity contribution in [2.75, 3.05) is 6.61 Å². The van der Waals surface area contributed by atoms with E-state index in [-0.39, 0.29) is 22.7 Å². The second-order valence-corrected chi connectivity index (χ2v) is 4.27. The molecule has 0 unspecified atom stereocenters. The number of nitrogens with one attached hydrogen (secondary N) is 1. The highest BCUT2D eigenvalue weighted by Crippen LogP contribution is 2.20. The number of aliphatic carboxylic acids is 1. The molecule has 0 radical (unpaired) electrons. The molecule has 8 nitrogen and oxygen atoms in total. The van der Waals surface area contributed by atoms with E-state index >= 15 is 0 Å². The molecular weight excluding hydrogens is 292 g/mol. The zero-order chi connectivity index (χ0) is 15.3. The Labute approximate surface area is 118 Å². The van der Waals surface area contributed by atoms with E-state index < -0.39 is 29.4 Å². The summed E-state index contributed by atoms with van der Waals surface area (Å²) in [5, 5.41) is 30.3. The molecule has 0 heterocycles. The van der Waals surface area contributed by atoms with Crippen LogP contribution in [0.2, 0.25) is 5.02 Å². The number of halogens is 1. The van der Waals surface area contributed by atoms with Crippen molar-refractivity contribution in [1.29, 1.82) is 0 Å². The van der Waals surface area contributed by atoms with Crippen LogP contribution >= 0.6 is 11.6 Å². The number of carboxylic acid groups (broad SMARTS) is 1. The van der Waals surface area contributed by atoms with Crippen LogP contribution in [0, 0.1) is 10.1 Å². The van der Waals surface area contributed by atoms with E-state index in [9.17, 15) is 19.7 Å². The number of benzene rings is 1. The molecular formula is C11H11ClN2O6. The normalized spacial score (nSPS) is 11.7. The van der Waals surface area contributed by atoms with Crippen molar-refractivity contribution >= 4 is 29.2 Å². The number of carbonyl (C=O) groups excluding carboxylic acids is 1. The van der Waals surface area contributed by atoms with E-state index in [1.54, 1.807) is 0 Å². The van der Waals surface area contributed by atoms with Crippen LogP contribution < -0.4 is 5.32 Å². The minimum absolute atomic E-state index is 0.0154. The predicted molar refractivity (Wildman–Crippen MR) is 68.7 cm³/mol. The molecule has 1 amide bonds. The van der Waals surface area contributed by atoms with E-state index in [0.29, 0.717) is 0 Å². The molecule has 0 saturated heterocycles. The first-order chi connectivity index (χ1) is 9.35. The lowest BCUT2D eigenvalue weighted by atomic mass is 10.1. The molecule has 20 heavy (non-hydrogen) atoms. The lowest BCUT2D eigenvalue weighted by Gasteiger charge is -2.13. The minimum Gasteiger partial charge on any atom is -0.480 e. The van der Waals surface area contributed by atoms with Gasteiger partial charge in [-0.1, -0.05) is 11.6 Å². The largest absolute Gasteiger partial charge is 0.480 e. The summed E-state index contributed by atoms with van der Waals surface area (Å²) >= 11 is 5.66. The van der Waals surface area contributed by atoms with Gasteiger partial charge in [0, 0.05) is 35.7 Å². The smallest absolute Gasteiger partial charge is 0.326 e. The van der Waals surface area contributed by atoms with Crippen molar-refractivity contribution in [3.8, 4) is 0 Å². The van der Waals surface area contributed by atoms with Crippen LogP contribution in [0.3, 0.4) is 0 Å². The van der Waals surface area contributed by atoms with Crippen molar-refractivity contribution in [2.24, 2.45) is 0 Å². The van der Waals surface area contributed by atoms with Crippen LogP contribution in [0.4, 0.5) is 5.69 Å². The van der Waals surface area contributed by atoms with Gasteiger partial charge in [-0.25, -0.2) is 4.79 Å². The number of rotatable bonds is 6. The lowest BCUT2D eigenvalue weighted by Crippen LogP contribution is -2.41. The van der Waals surface area contributed by atoms with Crippen LogP contribution in [0.1, 0.15) is 16.8 Å². The molecule has 1 rings (SSSR count). The Hall–Kier alpha value is -2.19. The molecule has 0 saturated carbocycles. The average molecular weight is 303 g/mol. The van der Waals surface area contributed by atoms with E-state index in [2.05, 4.69) is 5.32 Å². The molecule has 1 atom stereocenters. The Kier molecular flexibility index (Phi) is 5.42. The molecule has 1 aromatic rings. The van der Waals surface area contributed by atoms with Crippen LogP contribution in [0.5, 0.6) is 0 Å². The third-order valence-corrected chi connectivity index (χ3v) is 2.59. The predicted octanol–water partition coefficient (Wildman–Crippen LogP) is 0.814. The summed E-state index contributed by atoms with van der Waals surface area (Å²) in [6.45, 7) is -0.424. The highest BCUT2D eigenvalue weighted by atomic mass is 35.5. The van der Waals surface area contributed by atoms with Gasteiger partial charge in [-0.3, -0.25) is 14.9 Å². The first kappa shape index (κ1) is 15.9. The van der Waals surface area contributed by atoms with Crippen LogP contribution in [-0.4, -0.2) is 39.7 Å². The molecule has 0 aromatic heterocycles. The maximum absolute atomic E-state index is 11.8. The third kappa shape index (κ3) is 4.18. The zero-order valence-corrected chi connectivity index (χ0v) is 10.8. The van der Waals surface area contributed by atoms with Crippen LogP contribution in [0.15, 0.2) is 18.2 Å². The highest BCUT2D eigenvalue weighted by molar-refractivity contribution is 6.31. The van der Waals surface area contributed by atoms with E-state index in [1.807, 2.05) is 0 Å². The highest BCUT2D eigenvalue weighted by Gasteiger charge is 2.21. The standard InChI is InChI=1S/C11H11ClN2O6/c12-7-3-6(4-8(5-7)14(19)20)10(16)13-9(1-2-15)11(17)18/h3-5,9,15H,1-2H2,(H,13,16)(H,17,18)/t9-/m1/s1. The second-order valence-electron chi connectivity index (χ2n) is 3.83. The maximum atomic E-state index is 11.8. The molecule has 0 fully saturated rings. The number of nitro benzene ring substituents is 1. The molecule has 108 valence electrons. The monoisotopic (exact) mass is 302 g/mol. The van der Waals surface area contributed by atoms with Gasteiger partial charge >= 0.3 is 5.97 Å². The fourth-order valence-electron chi connectivity index (χ4n) is 1.44. The Morgan fingerprint density at radius 3 is 2.55 bits per heavy atom. The van der Waals surface area contributed by atoms with Crippen LogP contribution in [-0.2, 0) is 4.79 Å². The number of nitro groups is 1. The number of hydrogen-bond acceptors (Lipinski definition) is 5. The van der Waals surface area contributed by atoms with Crippen LogP contribution in [0.25, 0.3) is 0 Å². The second kappa shape index (κ2) is 6.83. The number of amides is 1. The number of nitrogens with zero attached hydrogens (tertiary/aromatic N) is 1. The van der Waals surface area contributed by atoms with Gasteiger partial charge in [0.15, 0.2) is 0 Å². The zero-order valence-electron chi connectivity index (χ0n) is 10.1. The number of carbonyl (C=O) groups is 2.